The topological polar surface area (TPSA) is 84.6 Å². The molecule has 0 saturated carbocycles. The van der Waals surface area contributed by atoms with Crippen LogP contribution in [0.25, 0.3) is 0 Å². The molecule has 1 aliphatic rings. The molecule has 0 aromatic heterocycles. The molecule has 1 aromatic rings. The fourth-order valence-electron chi connectivity index (χ4n) is 1.68. The van der Waals surface area contributed by atoms with Crippen LogP contribution in [0.4, 0.5) is 0 Å². The number of carboxylic acids is 1. The maximum atomic E-state index is 10.6. The molecule has 0 radical (unpaired) electrons. The lowest BCUT2D eigenvalue weighted by molar-refractivity contribution is -0.148. The zero-order valence-electron chi connectivity index (χ0n) is 10.5. The average Bonchev–Trinajstić information content (AvgIpc) is 2.83. The minimum atomic E-state index is -0.969. The molecule has 1 heterocycles. The molecule has 0 bridgehead atoms. The van der Waals surface area contributed by atoms with Crippen molar-refractivity contribution in [3.63, 3.8) is 0 Å². The monoisotopic (exact) mass is 252 g/mol. The van der Waals surface area contributed by atoms with Crippen LogP contribution in [0.5, 0.6) is 0 Å². The van der Waals surface area contributed by atoms with Crippen molar-refractivity contribution in [3.8, 4) is 0 Å². The van der Waals surface area contributed by atoms with E-state index in [1.54, 1.807) is 24.3 Å². The number of methoxy groups -OCH3 is 1. The van der Waals surface area contributed by atoms with E-state index >= 15 is 0 Å². The predicted octanol–water partition coefficient (Wildman–Crippen LogP) is 0.766. The summed E-state index contributed by atoms with van der Waals surface area (Å²) in [7, 11) is 1.38. The second kappa shape index (κ2) is 7.81. The Labute approximate surface area is 107 Å². The summed E-state index contributed by atoms with van der Waals surface area (Å²) < 4.78 is 4.80. The molecule has 1 saturated heterocycles. The van der Waals surface area contributed by atoms with Gasteiger partial charge in [0, 0.05) is 19.7 Å². The van der Waals surface area contributed by atoms with Crippen LogP contribution in [-0.4, -0.2) is 37.3 Å². The van der Waals surface area contributed by atoms with Gasteiger partial charge >= 0.3 is 5.97 Å². The largest absolute Gasteiger partial charge is 0.479 e. The number of ether oxygens (including phenoxy) is 1. The number of hydrogen-bond acceptors (Lipinski definition) is 4. The van der Waals surface area contributed by atoms with E-state index in [1.807, 2.05) is 6.07 Å². The smallest absolute Gasteiger partial charge is 0.337 e. The maximum absolute atomic E-state index is 10.6. The zero-order valence-corrected chi connectivity index (χ0v) is 10.5. The molecule has 0 unspecified atom stereocenters. The van der Waals surface area contributed by atoms with Gasteiger partial charge in [-0.1, -0.05) is 30.3 Å². The lowest BCUT2D eigenvalue weighted by Gasteiger charge is -2.09. The minimum Gasteiger partial charge on any atom is -0.479 e. The van der Waals surface area contributed by atoms with Crippen molar-refractivity contribution in [2.24, 2.45) is 5.73 Å². The van der Waals surface area contributed by atoms with Crippen LogP contribution < -0.4 is 11.1 Å². The van der Waals surface area contributed by atoms with Crippen LogP contribution in [0.1, 0.15) is 18.1 Å². The maximum Gasteiger partial charge on any atom is 0.337 e. The van der Waals surface area contributed by atoms with E-state index in [1.165, 1.54) is 7.11 Å². The van der Waals surface area contributed by atoms with E-state index in [-0.39, 0.29) is 0 Å². The van der Waals surface area contributed by atoms with E-state index in [2.05, 4.69) is 5.32 Å². The Balaban J connectivity index is 0.000000225. The Bertz CT molecular complexity index is 351. The SMILES string of the molecule is CO[C@H](C(=O)O)c1ccccc1.N[C@@H]1CCNC1. The number of benzene rings is 1. The molecule has 100 valence electrons. The van der Waals surface area contributed by atoms with E-state index in [4.69, 9.17) is 15.6 Å². The second-order valence-electron chi connectivity index (χ2n) is 4.12. The van der Waals surface area contributed by atoms with E-state index in [9.17, 15) is 4.79 Å². The lowest BCUT2D eigenvalue weighted by Crippen LogP contribution is -2.21. The molecule has 1 aromatic carbocycles. The fraction of sp³-hybridized carbons (Fsp3) is 0.462. The molecule has 0 amide bonds. The van der Waals surface area contributed by atoms with Crippen LogP contribution >= 0.6 is 0 Å². The van der Waals surface area contributed by atoms with Crippen molar-refractivity contribution in [2.75, 3.05) is 20.2 Å². The molecule has 5 heteroatoms. The number of nitrogens with two attached hydrogens (primary N) is 1. The van der Waals surface area contributed by atoms with Gasteiger partial charge in [-0.15, -0.1) is 0 Å². The first-order valence-electron chi connectivity index (χ1n) is 5.92. The van der Waals surface area contributed by atoms with Crippen LogP contribution in [0, 0.1) is 0 Å². The Morgan fingerprint density at radius 1 is 1.50 bits per heavy atom. The number of nitrogens with one attached hydrogen (secondary N) is 1. The molecule has 1 fully saturated rings. The molecule has 0 spiro atoms. The van der Waals surface area contributed by atoms with Gasteiger partial charge in [-0.25, -0.2) is 4.79 Å². The first kappa shape index (κ1) is 14.6. The van der Waals surface area contributed by atoms with Gasteiger partial charge in [0.05, 0.1) is 0 Å². The quantitative estimate of drug-likeness (QED) is 0.740. The summed E-state index contributed by atoms with van der Waals surface area (Å²) in [6.07, 6.45) is 0.297. The van der Waals surface area contributed by atoms with E-state index < -0.39 is 12.1 Å². The summed E-state index contributed by atoms with van der Waals surface area (Å²) in [5.74, 6) is -0.969. The summed E-state index contributed by atoms with van der Waals surface area (Å²) in [5, 5.41) is 11.8. The van der Waals surface area contributed by atoms with Crippen LogP contribution in [0.15, 0.2) is 30.3 Å². The van der Waals surface area contributed by atoms with Crippen molar-refractivity contribution in [1.29, 1.82) is 0 Å². The molecular formula is C13H20N2O3. The summed E-state index contributed by atoms with van der Waals surface area (Å²) in [6, 6.07) is 9.28. The average molecular weight is 252 g/mol. The fourth-order valence-corrected chi connectivity index (χ4v) is 1.68. The van der Waals surface area contributed by atoms with Crippen LogP contribution in [0.2, 0.25) is 0 Å². The highest BCUT2D eigenvalue weighted by Gasteiger charge is 2.17. The summed E-state index contributed by atoms with van der Waals surface area (Å²) in [5.41, 5.74) is 6.13. The highest BCUT2D eigenvalue weighted by Crippen LogP contribution is 2.15. The molecular weight excluding hydrogens is 232 g/mol. The van der Waals surface area contributed by atoms with Gasteiger partial charge < -0.3 is 20.9 Å². The third-order valence-electron chi connectivity index (χ3n) is 2.66. The van der Waals surface area contributed by atoms with Gasteiger partial charge in [0.15, 0.2) is 6.10 Å². The molecule has 0 aliphatic carbocycles. The van der Waals surface area contributed by atoms with Crippen molar-refractivity contribution < 1.29 is 14.6 Å². The van der Waals surface area contributed by atoms with Gasteiger partial charge in [0.25, 0.3) is 0 Å². The van der Waals surface area contributed by atoms with Crippen molar-refractivity contribution in [1.82, 2.24) is 5.32 Å². The van der Waals surface area contributed by atoms with E-state index in [0.29, 0.717) is 11.6 Å². The Morgan fingerprint density at radius 3 is 2.50 bits per heavy atom. The van der Waals surface area contributed by atoms with Crippen LogP contribution in [-0.2, 0) is 9.53 Å². The molecule has 5 nitrogen and oxygen atoms in total. The van der Waals surface area contributed by atoms with E-state index in [0.717, 1.165) is 19.5 Å². The first-order chi connectivity index (χ1) is 8.65. The third kappa shape index (κ3) is 4.83. The normalized spacial score (nSPS) is 19.8. The zero-order chi connectivity index (χ0) is 13.4. The second-order valence-corrected chi connectivity index (χ2v) is 4.12. The molecule has 2 rings (SSSR count). The summed E-state index contributed by atoms with van der Waals surface area (Å²) >= 11 is 0. The van der Waals surface area contributed by atoms with Gasteiger partial charge in [0.1, 0.15) is 0 Å². The number of rotatable bonds is 3. The molecule has 18 heavy (non-hydrogen) atoms. The number of aliphatic carboxylic acids is 1. The molecule has 1 aliphatic heterocycles. The van der Waals surface area contributed by atoms with Crippen molar-refractivity contribution in [3.05, 3.63) is 35.9 Å². The van der Waals surface area contributed by atoms with Gasteiger partial charge in [0.2, 0.25) is 0 Å². The standard InChI is InChI=1S/C9H10O3.C4H10N2/c1-12-8(9(10)11)7-5-3-2-4-6-7;5-4-1-2-6-3-4/h2-6,8H,1H3,(H,10,11);4,6H,1-3,5H2/t8-;4-/m01/s1. The number of hydrogen-bond donors (Lipinski definition) is 3. The van der Waals surface area contributed by atoms with Crippen molar-refractivity contribution >= 4 is 5.97 Å². The number of carboxylic acid groups (broad SMARTS) is 1. The molecule has 2 atom stereocenters. The van der Waals surface area contributed by atoms with Crippen LogP contribution in [0.3, 0.4) is 0 Å². The first-order valence-corrected chi connectivity index (χ1v) is 5.92. The lowest BCUT2D eigenvalue weighted by atomic mass is 10.1. The Kier molecular flexibility index (Phi) is 6.35. The van der Waals surface area contributed by atoms with Gasteiger partial charge in [-0.2, -0.15) is 0 Å². The minimum absolute atomic E-state index is 0.435. The highest BCUT2D eigenvalue weighted by atomic mass is 16.5. The Hall–Kier alpha value is -1.43. The van der Waals surface area contributed by atoms with Crippen molar-refractivity contribution in [2.45, 2.75) is 18.6 Å². The predicted molar refractivity (Wildman–Crippen MR) is 69.3 cm³/mol. The summed E-state index contributed by atoms with van der Waals surface area (Å²) in [4.78, 5) is 10.6. The Morgan fingerprint density at radius 2 is 2.17 bits per heavy atom. The number of carbonyl (C=O) groups is 1. The molecule has 4 N–H and O–H groups in total. The van der Waals surface area contributed by atoms with Gasteiger partial charge in [-0.3, -0.25) is 0 Å². The summed E-state index contributed by atoms with van der Waals surface area (Å²) in [6.45, 7) is 2.13. The highest BCUT2D eigenvalue weighted by molar-refractivity contribution is 5.74. The van der Waals surface area contributed by atoms with Gasteiger partial charge in [-0.05, 0) is 18.5 Å². The third-order valence-corrected chi connectivity index (χ3v) is 2.66.